The van der Waals surface area contributed by atoms with Crippen LogP contribution in [-0.4, -0.2) is 165 Å². The normalized spacial score (nSPS) is 18.4. The third kappa shape index (κ3) is 24.9. The summed E-state index contributed by atoms with van der Waals surface area (Å²) in [7, 11) is -3.82. The van der Waals surface area contributed by atoms with Crippen molar-refractivity contribution < 1.29 is 130 Å². The summed E-state index contributed by atoms with van der Waals surface area (Å²) in [6.45, 7) is 2.74. The Bertz CT molecular complexity index is 5390. The molecular weight excluding hydrogens is 1680 g/mol. The van der Waals surface area contributed by atoms with Gasteiger partial charge in [-0.3, -0.25) is 23.5 Å². The number of anilines is 1. The number of alkyl carbamates (subject to hydrolysis) is 1. The van der Waals surface area contributed by atoms with E-state index in [-0.39, 0.29) is 103 Å². The van der Waals surface area contributed by atoms with Gasteiger partial charge in [-0.25, -0.2) is 42.8 Å². The van der Waals surface area contributed by atoms with Crippen LogP contribution in [0.15, 0.2) is 212 Å². The number of fused-ring (bicyclic) bond motifs is 1. The Balaban J connectivity index is 0.000000204. The smallest absolute Gasteiger partial charge is 0.550 e. The zero-order valence-corrected chi connectivity index (χ0v) is 70.0. The number of aliphatic carboxylic acids is 1. The Labute approximate surface area is 717 Å². The van der Waals surface area contributed by atoms with Gasteiger partial charge in [0.25, 0.3) is 11.5 Å². The first kappa shape index (κ1) is 94.0. The molecule has 4 aromatic heterocycles. The van der Waals surface area contributed by atoms with E-state index in [1.165, 1.54) is 39.9 Å². The molecule has 14 rings (SSSR count). The van der Waals surface area contributed by atoms with E-state index in [4.69, 9.17) is 73.6 Å². The molecule has 0 spiro atoms. The van der Waals surface area contributed by atoms with Crippen LogP contribution in [0.5, 0.6) is 0 Å². The third-order valence-corrected chi connectivity index (χ3v) is 20.4. The SMILES string of the molecule is Cc1cc(CC(=O)Cc2cccc(CNC(=O)O[C@H]3CCOC3)c2)ccc1-c1cnco1.NC(=O)c1ncn([C@@H]2O[C@H](CO)C(O)[C@@H]2O)n1.NS(=O)(=O)c1ccc(-n2c(-c3ccccc3)nc3ccc(Br)cc3c2=O)cc1.Nc1ccn([C@@H]2C[C@H](CO)C(O)[C@@H]2O)c(=O)n1.O=C([O-])Cc1ccccc1Cc1c(Cl)cccc1Cl.[CH3-].[Na+].[V]. The first-order valence-corrected chi connectivity index (χ1v) is 38.0. The molecule has 2 amide bonds. The number of primary amides is 1. The van der Waals surface area contributed by atoms with E-state index in [1.807, 2.05) is 97.9 Å². The van der Waals surface area contributed by atoms with Gasteiger partial charge in [0.15, 0.2) is 18.4 Å². The Morgan fingerprint density at radius 1 is 0.776 bits per heavy atom. The van der Waals surface area contributed by atoms with Gasteiger partial charge in [-0.1, -0.05) is 142 Å². The first-order chi connectivity index (χ1) is 54.1. The molecule has 0 bridgehead atoms. The number of nitrogens with two attached hydrogens (primary N) is 3. The van der Waals surface area contributed by atoms with Crippen LogP contribution in [0.1, 0.15) is 74.7 Å². The minimum absolute atomic E-state index is 0. The molecule has 2 unspecified atom stereocenters. The van der Waals surface area contributed by atoms with Crippen LogP contribution in [0.25, 0.3) is 39.3 Å². The van der Waals surface area contributed by atoms with Gasteiger partial charge in [0.05, 0.1) is 59.6 Å². The Morgan fingerprint density at radius 3 is 2.04 bits per heavy atom. The number of hydrogen-bond donors (Lipinski definition) is 10. The summed E-state index contributed by atoms with van der Waals surface area (Å²) in [4.78, 5) is 86.8. The van der Waals surface area contributed by atoms with Crippen molar-refractivity contribution in [3.05, 3.63) is 276 Å². The maximum Gasteiger partial charge on any atom is 1.00 e. The largest absolute Gasteiger partial charge is 1.00 e. The van der Waals surface area contributed by atoms with Crippen molar-refractivity contribution in [3.8, 4) is 28.4 Å². The monoisotopic (exact) mass is 1760 g/mol. The van der Waals surface area contributed by atoms with E-state index < -0.39 is 89.0 Å². The zero-order chi connectivity index (χ0) is 81.2. The van der Waals surface area contributed by atoms with Crippen molar-refractivity contribution in [1.82, 2.24) is 44.2 Å². The van der Waals surface area contributed by atoms with Gasteiger partial charge >= 0.3 is 41.3 Å². The number of halogens is 3. The number of carbonyl (C=O) groups is 4. The van der Waals surface area contributed by atoms with Gasteiger partial charge in [0.2, 0.25) is 15.8 Å². The van der Waals surface area contributed by atoms with E-state index in [9.17, 15) is 62.7 Å². The van der Waals surface area contributed by atoms with Gasteiger partial charge < -0.3 is 83.4 Å². The van der Waals surface area contributed by atoms with Crippen LogP contribution in [0.3, 0.4) is 0 Å². The molecule has 37 heteroatoms. The fraction of sp³-hybridized carbons (Fsp3) is 0.266. The Hall–Kier alpha value is -9.18. The van der Waals surface area contributed by atoms with Gasteiger partial charge in [0, 0.05) is 108 Å². The molecule has 1 saturated carbocycles. The standard InChI is InChI=1S/C25H26N2O5.C20H14BrN3O3S.C15H12Cl2O2.C10H15N3O4.C8H12N4O5.CH3.Na.V/c1-17-9-19(5-6-23(17)24-14-26-16-31-24)12-21(28)11-18-3-2-4-20(10-18)13-27-25(29)32-22-7-8-30-15-22;21-14-6-11-18-17(12-14)20(25)24(19(23-18)13-4-2-1-3-5-13)15-7-9-16(10-8-15)28(22,26)27;16-13-6-3-7-14(17)12(13)8-10-4-1-2-5-11(10)9-15(18)19;11-7-1-2-13(10(17)12-7)6-3-5(4-14)8(15)9(6)16;9-6(16)7-10-2-12(11-7)8-5(15)4(14)3(1-13)17-8;;;/h2-6,9-10,14,16,22H,7-8,11-13,15H2,1H3,(H,27,29);1-12H,(H2,22,26,27);1-7H,8-9H2,(H,18,19);1-2,5-6,8-9,14-16H,3-4H2,(H2,11,12,17);2-5,8,13-15H,1H2,(H2,9,16);1H3;;/q;;;;;-1;+1;/p-1/t22-;;;5-,6-,8?,9-;3-,4?,5+,8-;;;/m0..11.../s1. The number of nitrogens with one attached hydrogen (secondary N) is 1. The molecule has 6 heterocycles. The molecule has 1 radical (unpaired) electrons. The number of oxazole rings is 1. The molecule has 116 heavy (non-hydrogen) atoms. The molecule has 3 fully saturated rings. The number of benzene rings is 7. The molecular formula is C79H81BrCl2N12NaO19SV-. The molecule has 13 N–H and O–H groups in total. The number of aliphatic hydroxyl groups is 6. The molecule has 2 saturated heterocycles. The van der Waals surface area contributed by atoms with Crippen molar-refractivity contribution in [2.45, 2.75) is 106 Å². The number of Topliss-reactive ketones (excluding diaryl/α,β-unsaturated/α-hetero) is 1. The van der Waals surface area contributed by atoms with Gasteiger partial charge in [-0.2, -0.15) is 4.98 Å². The number of rotatable bonds is 20. The molecule has 7 aromatic carbocycles. The van der Waals surface area contributed by atoms with Crippen LogP contribution < -0.4 is 67.8 Å². The van der Waals surface area contributed by atoms with E-state index in [0.717, 1.165) is 72.0 Å². The minimum Gasteiger partial charge on any atom is -0.550 e. The van der Waals surface area contributed by atoms with Crippen LogP contribution in [0.4, 0.5) is 10.6 Å². The number of nitrogens with zero attached hydrogens (tertiary/aromatic N) is 8. The summed E-state index contributed by atoms with van der Waals surface area (Å²) < 4.78 is 48.7. The number of carbonyl (C=O) groups excluding carboxylic acids is 4. The van der Waals surface area contributed by atoms with Crippen LogP contribution in [-0.2, 0) is 84.6 Å². The number of carboxylic acids is 1. The molecule has 31 nitrogen and oxygen atoms in total. The van der Waals surface area contributed by atoms with Crippen molar-refractivity contribution in [1.29, 1.82) is 0 Å². The topological polar surface area (TPSA) is 491 Å². The second kappa shape index (κ2) is 43.9. The average molecular weight is 1760 g/mol. The summed E-state index contributed by atoms with van der Waals surface area (Å²) in [6.07, 6.45) is 0.643. The number of carboxylic acid groups (broad SMARTS) is 1. The molecule has 3 aliphatic rings. The van der Waals surface area contributed by atoms with Gasteiger partial charge in [0.1, 0.15) is 54.3 Å². The van der Waals surface area contributed by atoms with E-state index in [0.29, 0.717) is 83.7 Å². The number of nitrogen functional groups attached to an aromatic ring is 1. The molecule has 1 aliphatic carbocycles. The maximum absolute atomic E-state index is 13.3. The number of aryl methyl sites for hydroxylation is 1. The number of amides is 2. The summed E-state index contributed by atoms with van der Waals surface area (Å²) in [5.41, 5.74) is 18.6. The molecule has 9 atom stereocenters. The first-order valence-electron chi connectivity index (χ1n) is 34.9. The van der Waals surface area contributed by atoms with Crippen LogP contribution >= 0.6 is 39.1 Å². The molecule has 2 aliphatic heterocycles. The summed E-state index contributed by atoms with van der Waals surface area (Å²) in [6, 6.07) is 47.6. The van der Waals surface area contributed by atoms with E-state index >= 15 is 0 Å². The van der Waals surface area contributed by atoms with Gasteiger partial charge in [-0.15, -0.1) is 5.10 Å². The number of aromatic nitrogens is 8. The van der Waals surface area contributed by atoms with Crippen LogP contribution in [0.2, 0.25) is 10.0 Å². The maximum atomic E-state index is 13.3. The predicted octanol–water partition coefficient (Wildman–Crippen LogP) is 2.90. The van der Waals surface area contributed by atoms with Gasteiger partial charge in [-0.05, 0) is 113 Å². The second-order valence-electron chi connectivity index (χ2n) is 26.2. The summed E-state index contributed by atoms with van der Waals surface area (Å²) in [5, 5.41) is 80.6. The van der Waals surface area contributed by atoms with Crippen molar-refractivity contribution in [2.75, 3.05) is 32.2 Å². The van der Waals surface area contributed by atoms with Crippen molar-refractivity contribution in [3.63, 3.8) is 0 Å². The average Bonchev–Trinajstić information content (AvgIpc) is 1.02. The zero-order valence-electron chi connectivity index (χ0n) is 62.7. The fourth-order valence-electron chi connectivity index (χ4n) is 12.6. The van der Waals surface area contributed by atoms with Crippen LogP contribution in [0, 0.1) is 20.3 Å². The number of sulfonamides is 1. The number of primary sulfonamides is 1. The summed E-state index contributed by atoms with van der Waals surface area (Å²) in [5.74, 6) is -1.15. The Morgan fingerprint density at radius 2 is 1.45 bits per heavy atom. The number of ether oxygens (including phenoxy) is 3. The second-order valence-corrected chi connectivity index (χ2v) is 29.5. The van der Waals surface area contributed by atoms with E-state index in [2.05, 4.69) is 41.3 Å². The predicted molar refractivity (Wildman–Crippen MR) is 421 cm³/mol. The molecule has 11 aromatic rings. The third-order valence-electron chi connectivity index (χ3n) is 18.3. The van der Waals surface area contributed by atoms with E-state index in [1.54, 1.807) is 60.8 Å². The quantitative estimate of drug-likeness (QED) is 0.0387. The molecule has 605 valence electrons. The summed E-state index contributed by atoms with van der Waals surface area (Å²) >= 11 is 15.6. The minimum atomic E-state index is -3.82. The fourth-order valence-corrected chi connectivity index (χ4v) is 14.0. The number of hydrogen-bond acceptors (Lipinski definition) is 25. The van der Waals surface area contributed by atoms with Crippen molar-refractivity contribution in [2.24, 2.45) is 16.8 Å². The van der Waals surface area contributed by atoms with Crippen molar-refractivity contribution >= 4 is 89.6 Å². The number of ketones is 1. The Kier molecular flexibility index (Phi) is 35.5. The number of aliphatic hydroxyl groups excluding tert-OH is 6.